The van der Waals surface area contributed by atoms with Gasteiger partial charge in [-0.25, -0.2) is 4.39 Å². The summed E-state index contributed by atoms with van der Waals surface area (Å²) in [6.07, 6.45) is 0. The number of ether oxygens (including phenoxy) is 3. The second-order valence-corrected chi connectivity index (χ2v) is 7.26. The van der Waals surface area contributed by atoms with Crippen molar-refractivity contribution in [2.75, 3.05) is 18.5 Å². The standard InChI is InChI=1S/C22H19BrFNO3/c23-17-5-7-20(28-14-15-3-1-2-4-19(15)24)16(11-17)13-25-18-6-8-21-22(12-18)27-10-9-26-21/h1-8,11-12,25H,9-10,13-14H2. The Morgan fingerprint density at radius 2 is 1.75 bits per heavy atom. The van der Waals surface area contributed by atoms with E-state index in [1.165, 1.54) is 6.07 Å². The van der Waals surface area contributed by atoms with Crippen molar-refractivity contribution in [3.8, 4) is 17.2 Å². The monoisotopic (exact) mass is 443 g/mol. The van der Waals surface area contributed by atoms with Gasteiger partial charge in [0.15, 0.2) is 11.5 Å². The Hall–Kier alpha value is -2.73. The van der Waals surface area contributed by atoms with Crippen LogP contribution in [0.5, 0.6) is 17.2 Å². The molecule has 3 aromatic carbocycles. The molecule has 1 aliphatic heterocycles. The highest BCUT2D eigenvalue weighted by atomic mass is 79.9. The van der Waals surface area contributed by atoms with Gasteiger partial charge in [-0.2, -0.15) is 0 Å². The summed E-state index contributed by atoms with van der Waals surface area (Å²) in [6, 6.07) is 18.2. The molecule has 0 bridgehead atoms. The lowest BCUT2D eigenvalue weighted by atomic mass is 10.2. The van der Waals surface area contributed by atoms with E-state index in [2.05, 4.69) is 21.2 Å². The highest BCUT2D eigenvalue weighted by molar-refractivity contribution is 9.10. The maximum atomic E-state index is 13.8. The first kappa shape index (κ1) is 18.6. The molecule has 0 saturated carbocycles. The van der Waals surface area contributed by atoms with Crippen molar-refractivity contribution in [2.45, 2.75) is 13.2 Å². The van der Waals surface area contributed by atoms with E-state index in [0.717, 1.165) is 27.2 Å². The van der Waals surface area contributed by atoms with Gasteiger partial charge in [0.05, 0.1) is 0 Å². The Bertz CT molecular complexity index is 980. The van der Waals surface area contributed by atoms with Crippen molar-refractivity contribution in [1.29, 1.82) is 0 Å². The number of hydrogen-bond acceptors (Lipinski definition) is 4. The largest absolute Gasteiger partial charge is 0.488 e. The second-order valence-electron chi connectivity index (χ2n) is 6.34. The molecule has 1 aliphatic rings. The van der Waals surface area contributed by atoms with Gasteiger partial charge in [-0.05, 0) is 36.4 Å². The number of fused-ring (bicyclic) bond motifs is 1. The lowest BCUT2D eigenvalue weighted by molar-refractivity contribution is 0.171. The lowest BCUT2D eigenvalue weighted by Crippen LogP contribution is -2.15. The maximum Gasteiger partial charge on any atom is 0.163 e. The van der Waals surface area contributed by atoms with Gasteiger partial charge >= 0.3 is 0 Å². The molecule has 0 atom stereocenters. The number of halogens is 2. The third kappa shape index (κ3) is 4.39. The SMILES string of the molecule is Fc1ccccc1COc1ccc(Br)cc1CNc1ccc2c(c1)OCCO2. The topological polar surface area (TPSA) is 39.7 Å². The van der Waals surface area contributed by atoms with Crippen molar-refractivity contribution in [3.63, 3.8) is 0 Å². The molecule has 0 amide bonds. The van der Waals surface area contributed by atoms with Gasteiger partial charge in [0.25, 0.3) is 0 Å². The first-order chi connectivity index (χ1) is 13.7. The molecule has 1 heterocycles. The molecule has 6 heteroatoms. The summed E-state index contributed by atoms with van der Waals surface area (Å²) in [5.41, 5.74) is 2.40. The quantitative estimate of drug-likeness (QED) is 0.541. The molecule has 0 unspecified atom stereocenters. The molecule has 3 aromatic rings. The number of anilines is 1. The fraction of sp³-hybridized carbons (Fsp3) is 0.182. The normalized spacial score (nSPS) is 12.5. The third-order valence-corrected chi connectivity index (χ3v) is 4.88. The van der Waals surface area contributed by atoms with E-state index in [1.807, 2.05) is 36.4 Å². The summed E-state index contributed by atoms with van der Waals surface area (Å²) in [7, 11) is 0. The summed E-state index contributed by atoms with van der Waals surface area (Å²) in [6.45, 7) is 1.84. The molecule has 1 N–H and O–H groups in total. The zero-order chi connectivity index (χ0) is 19.3. The molecule has 144 valence electrons. The van der Waals surface area contributed by atoms with Gasteiger partial charge < -0.3 is 19.5 Å². The first-order valence-electron chi connectivity index (χ1n) is 8.97. The van der Waals surface area contributed by atoms with Gasteiger partial charge in [-0.1, -0.05) is 34.1 Å². The highest BCUT2D eigenvalue weighted by Gasteiger charge is 2.12. The Labute approximate surface area is 171 Å². The van der Waals surface area contributed by atoms with Crippen LogP contribution in [0, 0.1) is 5.82 Å². The van der Waals surface area contributed by atoms with Gasteiger partial charge in [0, 0.05) is 33.9 Å². The van der Waals surface area contributed by atoms with Gasteiger partial charge in [-0.15, -0.1) is 0 Å². The van der Waals surface area contributed by atoms with Crippen LogP contribution in [0.25, 0.3) is 0 Å². The molecular weight excluding hydrogens is 425 g/mol. The molecule has 0 aliphatic carbocycles. The van der Waals surface area contributed by atoms with E-state index in [9.17, 15) is 4.39 Å². The van der Waals surface area contributed by atoms with Crippen LogP contribution in [-0.4, -0.2) is 13.2 Å². The van der Waals surface area contributed by atoms with Crippen LogP contribution in [0.2, 0.25) is 0 Å². The average Bonchev–Trinajstić information content (AvgIpc) is 2.72. The van der Waals surface area contributed by atoms with Crippen LogP contribution in [0.1, 0.15) is 11.1 Å². The van der Waals surface area contributed by atoms with Gasteiger partial charge in [-0.3, -0.25) is 0 Å². The summed E-state index contributed by atoms with van der Waals surface area (Å²) in [5, 5.41) is 3.38. The molecule has 4 rings (SSSR count). The minimum Gasteiger partial charge on any atom is -0.488 e. The number of rotatable bonds is 6. The molecule has 28 heavy (non-hydrogen) atoms. The van der Waals surface area contributed by atoms with Crippen molar-refractivity contribution >= 4 is 21.6 Å². The summed E-state index contributed by atoms with van der Waals surface area (Å²) >= 11 is 3.50. The molecule has 0 radical (unpaired) electrons. The van der Waals surface area contributed by atoms with Crippen LogP contribution in [0.4, 0.5) is 10.1 Å². The van der Waals surface area contributed by atoms with Crippen molar-refractivity contribution in [1.82, 2.24) is 0 Å². The van der Waals surface area contributed by atoms with E-state index in [4.69, 9.17) is 14.2 Å². The van der Waals surface area contributed by atoms with Crippen LogP contribution >= 0.6 is 15.9 Å². The van der Waals surface area contributed by atoms with Gasteiger partial charge in [0.1, 0.15) is 31.4 Å². The predicted octanol–water partition coefficient (Wildman–Crippen LogP) is 5.55. The molecule has 0 aromatic heterocycles. The molecule has 0 spiro atoms. The number of nitrogens with one attached hydrogen (secondary N) is 1. The Morgan fingerprint density at radius 3 is 2.61 bits per heavy atom. The summed E-state index contributed by atoms with van der Waals surface area (Å²) in [4.78, 5) is 0. The number of benzene rings is 3. The van der Waals surface area contributed by atoms with Crippen LogP contribution in [0.15, 0.2) is 65.1 Å². The van der Waals surface area contributed by atoms with E-state index >= 15 is 0 Å². The zero-order valence-electron chi connectivity index (χ0n) is 15.1. The number of hydrogen-bond donors (Lipinski definition) is 1. The average molecular weight is 444 g/mol. The fourth-order valence-corrected chi connectivity index (χ4v) is 3.36. The molecule has 0 saturated heterocycles. The van der Waals surface area contributed by atoms with Crippen LogP contribution < -0.4 is 19.5 Å². The van der Waals surface area contributed by atoms with E-state index in [1.54, 1.807) is 18.2 Å². The second kappa shape index (κ2) is 8.52. The smallest absolute Gasteiger partial charge is 0.163 e. The van der Waals surface area contributed by atoms with Crippen molar-refractivity contribution in [3.05, 3.63) is 82.1 Å². The van der Waals surface area contributed by atoms with E-state index < -0.39 is 0 Å². The summed E-state index contributed by atoms with van der Waals surface area (Å²) in [5.74, 6) is 1.93. The van der Waals surface area contributed by atoms with Crippen LogP contribution in [-0.2, 0) is 13.2 Å². The zero-order valence-corrected chi connectivity index (χ0v) is 16.7. The molecule has 0 fully saturated rings. The Balaban J connectivity index is 1.47. The van der Waals surface area contributed by atoms with Crippen molar-refractivity contribution < 1.29 is 18.6 Å². The minimum atomic E-state index is -0.268. The fourth-order valence-electron chi connectivity index (χ4n) is 2.95. The molecule has 4 nitrogen and oxygen atoms in total. The summed E-state index contributed by atoms with van der Waals surface area (Å²) < 4.78 is 31.9. The van der Waals surface area contributed by atoms with E-state index in [0.29, 0.717) is 31.1 Å². The van der Waals surface area contributed by atoms with Crippen LogP contribution in [0.3, 0.4) is 0 Å². The maximum absolute atomic E-state index is 13.8. The molecular formula is C22H19BrFNO3. The Kier molecular flexibility index (Phi) is 5.67. The van der Waals surface area contributed by atoms with E-state index in [-0.39, 0.29) is 12.4 Å². The minimum absolute atomic E-state index is 0.172. The van der Waals surface area contributed by atoms with Gasteiger partial charge in [0.2, 0.25) is 0 Å². The lowest BCUT2D eigenvalue weighted by Gasteiger charge is -2.19. The Morgan fingerprint density at radius 1 is 0.929 bits per heavy atom. The van der Waals surface area contributed by atoms with Crippen molar-refractivity contribution in [2.24, 2.45) is 0 Å². The first-order valence-corrected chi connectivity index (χ1v) is 9.76. The highest BCUT2D eigenvalue weighted by Crippen LogP contribution is 2.33. The predicted molar refractivity (Wildman–Crippen MR) is 110 cm³/mol. The third-order valence-electron chi connectivity index (χ3n) is 4.39.